The van der Waals surface area contributed by atoms with Crippen molar-refractivity contribution >= 4 is 11.8 Å². The molecule has 2 fully saturated rings. The fraction of sp³-hybridized carbons (Fsp3) is 0.818. The molecule has 0 amide bonds. The SMILES string of the molecule is C1CC(c2nc(C3CCSC3)no2)CCN1. The Morgan fingerprint density at radius 1 is 1.19 bits per heavy atom. The first-order valence-corrected chi connectivity index (χ1v) is 7.21. The standard InChI is InChI=1S/C11H17N3OS/c1-4-12-5-2-8(1)11-13-10(14-15-11)9-3-6-16-7-9/h8-9,12H,1-7H2. The molecule has 1 N–H and O–H groups in total. The Hall–Kier alpha value is -0.550. The molecule has 0 bridgehead atoms. The summed E-state index contributed by atoms with van der Waals surface area (Å²) in [5.74, 6) is 5.22. The van der Waals surface area contributed by atoms with Crippen LogP contribution in [0.15, 0.2) is 4.52 Å². The van der Waals surface area contributed by atoms with E-state index in [1.807, 2.05) is 11.8 Å². The highest BCUT2D eigenvalue weighted by atomic mass is 32.2. The molecule has 3 heterocycles. The van der Waals surface area contributed by atoms with Gasteiger partial charge in [-0.25, -0.2) is 0 Å². The maximum atomic E-state index is 5.42. The Balaban J connectivity index is 1.71. The lowest BCUT2D eigenvalue weighted by Gasteiger charge is -2.18. The van der Waals surface area contributed by atoms with E-state index in [1.165, 1.54) is 12.2 Å². The molecule has 4 nitrogen and oxygen atoms in total. The quantitative estimate of drug-likeness (QED) is 0.852. The van der Waals surface area contributed by atoms with Crippen LogP contribution in [0.2, 0.25) is 0 Å². The number of hydrogen-bond acceptors (Lipinski definition) is 5. The smallest absolute Gasteiger partial charge is 0.229 e. The van der Waals surface area contributed by atoms with Crippen LogP contribution in [0.1, 0.15) is 42.8 Å². The third kappa shape index (κ3) is 2.11. The van der Waals surface area contributed by atoms with Gasteiger partial charge in [-0.3, -0.25) is 0 Å². The summed E-state index contributed by atoms with van der Waals surface area (Å²) in [6.07, 6.45) is 3.46. The lowest BCUT2D eigenvalue weighted by molar-refractivity contribution is 0.317. The molecule has 2 aliphatic rings. The summed E-state index contributed by atoms with van der Waals surface area (Å²) >= 11 is 1.99. The van der Waals surface area contributed by atoms with Crippen molar-refractivity contribution in [3.8, 4) is 0 Å². The van der Waals surface area contributed by atoms with Crippen LogP contribution < -0.4 is 5.32 Å². The summed E-state index contributed by atoms with van der Waals surface area (Å²) in [5.41, 5.74) is 0. The number of piperidine rings is 1. The molecular weight excluding hydrogens is 222 g/mol. The van der Waals surface area contributed by atoms with Crippen LogP contribution in [0.4, 0.5) is 0 Å². The Morgan fingerprint density at radius 3 is 2.81 bits per heavy atom. The van der Waals surface area contributed by atoms with Gasteiger partial charge in [-0.1, -0.05) is 5.16 Å². The minimum Gasteiger partial charge on any atom is -0.339 e. The topological polar surface area (TPSA) is 51.0 Å². The molecule has 88 valence electrons. The van der Waals surface area contributed by atoms with Crippen LogP contribution in [-0.2, 0) is 0 Å². The van der Waals surface area contributed by atoms with Gasteiger partial charge < -0.3 is 9.84 Å². The highest BCUT2D eigenvalue weighted by molar-refractivity contribution is 7.99. The van der Waals surface area contributed by atoms with Crippen LogP contribution in [0.5, 0.6) is 0 Å². The Kier molecular flexibility index (Phi) is 3.15. The number of nitrogens with zero attached hydrogens (tertiary/aromatic N) is 2. The molecule has 0 aliphatic carbocycles. The van der Waals surface area contributed by atoms with Gasteiger partial charge >= 0.3 is 0 Å². The molecule has 16 heavy (non-hydrogen) atoms. The molecule has 0 radical (unpaired) electrons. The molecule has 2 aliphatic heterocycles. The van der Waals surface area contributed by atoms with Crippen molar-refractivity contribution in [2.24, 2.45) is 0 Å². The van der Waals surface area contributed by atoms with E-state index in [4.69, 9.17) is 4.52 Å². The molecule has 0 spiro atoms. The number of aromatic nitrogens is 2. The normalized spacial score (nSPS) is 27.4. The van der Waals surface area contributed by atoms with Gasteiger partial charge in [0.25, 0.3) is 0 Å². The Morgan fingerprint density at radius 2 is 2.06 bits per heavy atom. The lowest BCUT2D eigenvalue weighted by atomic mass is 9.98. The fourth-order valence-electron chi connectivity index (χ4n) is 2.39. The zero-order chi connectivity index (χ0) is 10.8. The van der Waals surface area contributed by atoms with E-state index >= 15 is 0 Å². The third-order valence-corrected chi connectivity index (χ3v) is 4.60. The minimum absolute atomic E-state index is 0.483. The molecule has 1 aromatic heterocycles. The first-order chi connectivity index (χ1) is 7.93. The van der Waals surface area contributed by atoms with Crippen molar-refractivity contribution in [3.05, 3.63) is 11.7 Å². The van der Waals surface area contributed by atoms with Gasteiger partial charge in [-0.05, 0) is 38.1 Å². The number of hydrogen-bond donors (Lipinski definition) is 1. The maximum Gasteiger partial charge on any atom is 0.229 e. The zero-order valence-corrected chi connectivity index (χ0v) is 10.1. The Bertz CT molecular complexity index is 343. The average molecular weight is 239 g/mol. The largest absolute Gasteiger partial charge is 0.339 e. The summed E-state index contributed by atoms with van der Waals surface area (Å²) < 4.78 is 5.42. The molecule has 0 aromatic carbocycles. The van der Waals surface area contributed by atoms with Gasteiger partial charge in [0.1, 0.15) is 0 Å². The van der Waals surface area contributed by atoms with E-state index in [2.05, 4.69) is 15.5 Å². The van der Waals surface area contributed by atoms with E-state index in [0.717, 1.165) is 43.4 Å². The molecule has 1 aromatic rings. The second-order valence-electron chi connectivity index (χ2n) is 4.58. The van der Waals surface area contributed by atoms with Crippen molar-refractivity contribution in [2.45, 2.75) is 31.1 Å². The lowest BCUT2D eigenvalue weighted by Crippen LogP contribution is -2.26. The molecule has 3 rings (SSSR count). The number of nitrogens with one attached hydrogen (secondary N) is 1. The van der Waals surface area contributed by atoms with Gasteiger partial charge in [0.15, 0.2) is 5.82 Å². The summed E-state index contributed by atoms with van der Waals surface area (Å²) in [6, 6.07) is 0. The molecule has 5 heteroatoms. The molecule has 2 saturated heterocycles. The van der Waals surface area contributed by atoms with Crippen molar-refractivity contribution in [1.29, 1.82) is 0 Å². The number of thioether (sulfide) groups is 1. The maximum absolute atomic E-state index is 5.42. The summed E-state index contributed by atoms with van der Waals surface area (Å²) in [7, 11) is 0. The second kappa shape index (κ2) is 4.75. The van der Waals surface area contributed by atoms with Gasteiger partial charge in [0.05, 0.1) is 0 Å². The zero-order valence-electron chi connectivity index (χ0n) is 9.32. The molecule has 0 saturated carbocycles. The molecule has 1 unspecified atom stereocenters. The van der Waals surface area contributed by atoms with E-state index < -0.39 is 0 Å². The first kappa shape index (κ1) is 10.6. The van der Waals surface area contributed by atoms with E-state index in [1.54, 1.807) is 0 Å². The summed E-state index contributed by atoms with van der Waals surface area (Å²) in [4.78, 5) is 4.60. The minimum atomic E-state index is 0.483. The highest BCUT2D eigenvalue weighted by Gasteiger charge is 2.26. The van der Waals surface area contributed by atoms with Gasteiger partial charge in [-0.2, -0.15) is 16.7 Å². The van der Waals surface area contributed by atoms with Gasteiger partial charge in [-0.15, -0.1) is 0 Å². The van der Waals surface area contributed by atoms with Crippen LogP contribution >= 0.6 is 11.8 Å². The fourth-order valence-corrected chi connectivity index (χ4v) is 3.60. The average Bonchev–Trinajstić information content (AvgIpc) is 3.01. The van der Waals surface area contributed by atoms with Crippen molar-refractivity contribution in [3.63, 3.8) is 0 Å². The van der Waals surface area contributed by atoms with Crippen LogP contribution in [0.25, 0.3) is 0 Å². The van der Waals surface area contributed by atoms with E-state index in [-0.39, 0.29) is 0 Å². The van der Waals surface area contributed by atoms with Crippen molar-refractivity contribution in [1.82, 2.24) is 15.5 Å². The van der Waals surface area contributed by atoms with Crippen molar-refractivity contribution in [2.75, 3.05) is 24.6 Å². The Labute approximate surface area is 99.6 Å². The molecular formula is C11H17N3OS. The van der Waals surface area contributed by atoms with Crippen LogP contribution in [0.3, 0.4) is 0 Å². The highest BCUT2D eigenvalue weighted by Crippen LogP contribution is 2.32. The summed E-state index contributed by atoms with van der Waals surface area (Å²) in [5, 5.41) is 7.51. The van der Waals surface area contributed by atoms with Gasteiger partial charge in [0.2, 0.25) is 5.89 Å². The number of rotatable bonds is 2. The summed E-state index contributed by atoms with van der Waals surface area (Å²) in [6.45, 7) is 2.14. The molecule has 1 atom stereocenters. The second-order valence-corrected chi connectivity index (χ2v) is 5.73. The first-order valence-electron chi connectivity index (χ1n) is 6.05. The predicted octanol–water partition coefficient (Wildman–Crippen LogP) is 1.76. The van der Waals surface area contributed by atoms with Gasteiger partial charge in [0, 0.05) is 17.6 Å². The van der Waals surface area contributed by atoms with E-state index in [9.17, 15) is 0 Å². The van der Waals surface area contributed by atoms with Crippen LogP contribution in [0, 0.1) is 0 Å². The third-order valence-electron chi connectivity index (χ3n) is 3.44. The van der Waals surface area contributed by atoms with E-state index in [0.29, 0.717) is 11.8 Å². The van der Waals surface area contributed by atoms with Crippen molar-refractivity contribution < 1.29 is 4.52 Å². The monoisotopic (exact) mass is 239 g/mol. The predicted molar refractivity (Wildman–Crippen MR) is 63.8 cm³/mol. The van der Waals surface area contributed by atoms with Crippen LogP contribution in [-0.4, -0.2) is 34.7 Å².